The van der Waals surface area contributed by atoms with Gasteiger partial charge in [-0.25, -0.2) is 0 Å². The summed E-state index contributed by atoms with van der Waals surface area (Å²) in [4.78, 5) is 25.1. The summed E-state index contributed by atoms with van der Waals surface area (Å²) >= 11 is 0. The number of aliphatic hydroxyl groups is 5. The van der Waals surface area contributed by atoms with Crippen molar-refractivity contribution >= 4 is 11.9 Å². The molecular formula is C83H149NO10. The van der Waals surface area contributed by atoms with Gasteiger partial charge in [-0.15, -0.1) is 0 Å². The van der Waals surface area contributed by atoms with Crippen molar-refractivity contribution in [3.63, 3.8) is 0 Å². The van der Waals surface area contributed by atoms with E-state index in [0.29, 0.717) is 19.4 Å². The Morgan fingerprint density at radius 1 is 0.404 bits per heavy atom. The minimum Gasteiger partial charge on any atom is -0.466 e. The number of esters is 1. The molecule has 546 valence electrons. The van der Waals surface area contributed by atoms with Crippen LogP contribution in [0.25, 0.3) is 0 Å². The molecule has 1 saturated heterocycles. The molecule has 0 aliphatic carbocycles. The van der Waals surface area contributed by atoms with Crippen molar-refractivity contribution in [2.45, 2.75) is 410 Å². The second-order valence-corrected chi connectivity index (χ2v) is 27.4. The number of carbonyl (C=O) groups is 2. The monoisotopic (exact) mass is 1320 g/mol. The Bertz CT molecular complexity index is 1840. The van der Waals surface area contributed by atoms with Crippen LogP contribution in [0.1, 0.15) is 367 Å². The number of rotatable bonds is 70. The van der Waals surface area contributed by atoms with E-state index in [2.05, 4.69) is 92.1 Å². The van der Waals surface area contributed by atoms with Crippen LogP contribution in [0, 0.1) is 0 Å². The van der Waals surface area contributed by atoms with E-state index in [-0.39, 0.29) is 18.5 Å². The zero-order valence-electron chi connectivity index (χ0n) is 60.9. The fraction of sp³-hybridized carbons (Fsp3) is 0.807. The first-order valence-corrected chi connectivity index (χ1v) is 39.9. The molecule has 1 aliphatic rings. The minimum absolute atomic E-state index is 0.00628. The van der Waals surface area contributed by atoms with E-state index in [0.717, 1.165) is 83.5 Å². The molecule has 1 heterocycles. The Labute approximate surface area is 578 Å². The highest BCUT2D eigenvalue weighted by atomic mass is 16.7. The first-order valence-electron chi connectivity index (χ1n) is 39.9. The Kier molecular flexibility index (Phi) is 67.2. The molecule has 7 atom stereocenters. The third-order valence-corrected chi connectivity index (χ3v) is 18.4. The van der Waals surface area contributed by atoms with E-state index in [1.807, 2.05) is 6.08 Å². The van der Waals surface area contributed by atoms with Crippen molar-refractivity contribution in [3.05, 3.63) is 85.1 Å². The number of carbonyl (C=O) groups excluding carboxylic acids is 2. The molecule has 11 nitrogen and oxygen atoms in total. The first-order chi connectivity index (χ1) is 46.2. The summed E-state index contributed by atoms with van der Waals surface area (Å²) in [6.45, 7) is 4.20. The summed E-state index contributed by atoms with van der Waals surface area (Å²) in [6.07, 6.45) is 89.3. The lowest BCUT2D eigenvalue weighted by molar-refractivity contribution is -0.302. The smallest absolute Gasteiger partial charge is 0.305 e. The van der Waals surface area contributed by atoms with Gasteiger partial charge in [0.05, 0.1) is 32.0 Å². The van der Waals surface area contributed by atoms with E-state index < -0.39 is 49.5 Å². The highest BCUT2D eigenvalue weighted by Gasteiger charge is 2.44. The lowest BCUT2D eigenvalue weighted by atomic mass is 9.99. The van der Waals surface area contributed by atoms with Gasteiger partial charge in [0.2, 0.25) is 5.91 Å². The van der Waals surface area contributed by atoms with E-state index in [4.69, 9.17) is 14.2 Å². The third-order valence-electron chi connectivity index (χ3n) is 18.4. The summed E-state index contributed by atoms with van der Waals surface area (Å²) < 4.78 is 16.7. The van der Waals surface area contributed by atoms with Gasteiger partial charge in [-0.3, -0.25) is 9.59 Å². The van der Waals surface area contributed by atoms with Gasteiger partial charge in [0.25, 0.3) is 0 Å². The average Bonchev–Trinajstić information content (AvgIpc) is 0.904. The van der Waals surface area contributed by atoms with E-state index in [1.54, 1.807) is 6.08 Å². The van der Waals surface area contributed by atoms with Crippen LogP contribution in [-0.4, -0.2) is 100 Å². The van der Waals surface area contributed by atoms with Crippen LogP contribution in [0.15, 0.2) is 85.1 Å². The van der Waals surface area contributed by atoms with E-state index in [1.165, 1.54) is 257 Å². The van der Waals surface area contributed by atoms with Crippen LogP contribution >= 0.6 is 0 Å². The fourth-order valence-corrected chi connectivity index (χ4v) is 12.2. The lowest BCUT2D eigenvalue weighted by Gasteiger charge is -2.40. The summed E-state index contributed by atoms with van der Waals surface area (Å²) in [5.74, 6) is -0.189. The summed E-state index contributed by atoms with van der Waals surface area (Å²) in [7, 11) is 0. The zero-order valence-corrected chi connectivity index (χ0v) is 60.9. The molecule has 1 fully saturated rings. The van der Waals surface area contributed by atoms with Gasteiger partial charge in [0.1, 0.15) is 24.4 Å². The number of allylic oxidation sites excluding steroid dienone is 13. The Morgan fingerprint density at radius 3 is 1.16 bits per heavy atom. The molecule has 0 aromatic heterocycles. The number of hydrogen-bond acceptors (Lipinski definition) is 10. The topological polar surface area (TPSA) is 175 Å². The summed E-state index contributed by atoms with van der Waals surface area (Å²) in [6, 6.07) is -0.833. The molecule has 94 heavy (non-hydrogen) atoms. The largest absolute Gasteiger partial charge is 0.466 e. The predicted octanol–water partition coefficient (Wildman–Crippen LogP) is 21.6. The summed E-state index contributed by atoms with van der Waals surface area (Å²) in [5.41, 5.74) is 0. The van der Waals surface area contributed by atoms with Crippen LogP contribution in [0.5, 0.6) is 0 Å². The van der Waals surface area contributed by atoms with Gasteiger partial charge in [-0.05, 0) is 116 Å². The van der Waals surface area contributed by atoms with E-state index >= 15 is 0 Å². The molecule has 0 saturated carbocycles. The Hall–Kier alpha value is -3.16. The maximum absolute atomic E-state index is 13.0. The van der Waals surface area contributed by atoms with Crippen LogP contribution in [0.3, 0.4) is 0 Å². The SMILES string of the molecule is CC/C=C/CC/C=C/CC/C=C/C(O)C(COC1OC(CO)C(O)C(O)C1O)NC(=O)CCCCCCCCCCCCCCCCCCC/C=C\C/C=C\CCCCCCCCCCCCCCCCCOC(=O)CCCCCCCCC/C=C\C/C=C\CCCCC. The molecule has 0 radical (unpaired) electrons. The quantitative estimate of drug-likeness (QED) is 0.0195. The standard InChI is InChI=1S/C83H149NO10/c1-3-5-7-9-11-13-15-16-17-41-45-48-51-55-59-63-67-71-79(88)92-72-68-64-60-56-52-49-46-43-40-38-36-34-32-30-28-26-24-22-20-18-19-21-23-25-27-29-31-33-35-37-39-42-44-47-50-54-58-62-66-70-78(87)84-75(74-93-83-82(91)81(90)80(89)77(73-85)94-83)76(86)69-65-61-57-53-14-12-10-8-6-4-2/h6,8,11,13-14,16-19,22,24,53,65,69,75-77,80-83,85-86,89-91H,3-5,7,9-10,12,15,20-21,23,25-52,54-64,66-68,70-74H2,1-2H3,(H,84,87)/b8-6+,13-11-,17-16-,19-18-,24-22-,53-14+,69-65+. The zero-order chi connectivity index (χ0) is 67.9. The number of amides is 1. The number of hydrogen-bond donors (Lipinski definition) is 6. The number of ether oxygens (including phenoxy) is 3. The maximum Gasteiger partial charge on any atom is 0.305 e. The molecular weight excluding hydrogens is 1170 g/mol. The predicted molar refractivity (Wildman–Crippen MR) is 398 cm³/mol. The molecule has 1 amide bonds. The summed E-state index contributed by atoms with van der Waals surface area (Å²) in [5, 5.41) is 54.3. The molecule has 1 aliphatic heterocycles. The number of nitrogens with one attached hydrogen (secondary N) is 1. The van der Waals surface area contributed by atoms with Crippen molar-refractivity contribution < 1.29 is 49.3 Å². The molecule has 7 unspecified atom stereocenters. The van der Waals surface area contributed by atoms with Crippen LogP contribution in [-0.2, 0) is 23.8 Å². The van der Waals surface area contributed by atoms with Crippen molar-refractivity contribution in [3.8, 4) is 0 Å². The van der Waals surface area contributed by atoms with Crippen molar-refractivity contribution in [1.29, 1.82) is 0 Å². The minimum atomic E-state index is -1.58. The van der Waals surface area contributed by atoms with Gasteiger partial charge in [0.15, 0.2) is 6.29 Å². The van der Waals surface area contributed by atoms with Crippen LogP contribution in [0.2, 0.25) is 0 Å². The van der Waals surface area contributed by atoms with Crippen LogP contribution < -0.4 is 5.32 Å². The average molecular weight is 1320 g/mol. The van der Waals surface area contributed by atoms with Gasteiger partial charge in [-0.2, -0.15) is 0 Å². The van der Waals surface area contributed by atoms with Crippen molar-refractivity contribution in [2.24, 2.45) is 0 Å². The highest BCUT2D eigenvalue weighted by molar-refractivity contribution is 5.76. The van der Waals surface area contributed by atoms with Gasteiger partial charge in [-0.1, -0.05) is 324 Å². The molecule has 6 N–H and O–H groups in total. The second kappa shape index (κ2) is 71.1. The highest BCUT2D eigenvalue weighted by Crippen LogP contribution is 2.23. The van der Waals surface area contributed by atoms with E-state index in [9.17, 15) is 35.1 Å². The molecule has 0 aromatic rings. The second-order valence-electron chi connectivity index (χ2n) is 27.4. The first kappa shape index (κ1) is 88.9. The van der Waals surface area contributed by atoms with Gasteiger partial charge in [0, 0.05) is 12.8 Å². The van der Waals surface area contributed by atoms with Gasteiger partial charge >= 0.3 is 5.97 Å². The van der Waals surface area contributed by atoms with Gasteiger partial charge < -0.3 is 45.1 Å². The van der Waals surface area contributed by atoms with Crippen molar-refractivity contribution in [2.75, 3.05) is 19.8 Å². The third kappa shape index (κ3) is 58.9. The van der Waals surface area contributed by atoms with Crippen molar-refractivity contribution in [1.82, 2.24) is 5.32 Å². The maximum atomic E-state index is 13.0. The molecule has 0 bridgehead atoms. The van der Waals surface area contributed by atoms with Crippen LogP contribution in [0.4, 0.5) is 0 Å². The Morgan fingerprint density at radius 2 is 0.755 bits per heavy atom. The Balaban J connectivity index is 1.87. The molecule has 0 aromatic carbocycles. The number of aliphatic hydroxyl groups excluding tert-OH is 5. The fourth-order valence-electron chi connectivity index (χ4n) is 12.2. The number of unbranched alkanes of at least 4 members (excludes halogenated alkanes) is 44. The normalized spacial score (nSPS) is 17.9. The molecule has 1 rings (SSSR count). The molecule has 11 heteroatoms. The lowest BCUT2D eigenvalue weighted by Crippen LogP contribution is -2.60. The molecule has 0 spiro atoms.